The highest BCUT2D eigenvalue weighted by Gasteiger charge is 2.26. The van der Waals surface area contributed by atoms with Crippen molar-refractivity contribution in [1.82, 2.24) is 0 Å². The molecule has 94 valence electrons. The highest BCUT2D eigenvalue weighted by atomic mass is 19.4. The summed E-state index contributed by atoms with van der Waals surface area (Å²) in [6, 6.07) is 3.60. The molecular weight excluding hydrogens is 236 g/mol. The fourth-order valence-corrected chi connectivity index (χ4v) is 1.32. The predicted octanol–water partition coefficient (Wildman–Crippen LogP) is 3.58. The monoisotopic (exact) mass is 248 g/mol. The minimum absolute atomic E-state index is 0.0963. The maximum Gasteiger partial charge on any atom is 0.390 e. The van der Waals surface area contributed by atoms with Crippen molar-refractivity contribution in [3.05, 3.63) is 29.6 Å². The van der Waals surface area contributed by atoms with E-state index < -0.39 is 18.4 Å². The van der Waals surface area contributed by atoms with Crippen LogP contribution in [0.4, 0.5) is 23.2 Å². The van der Waals surface area contributed by atoms with E-state index in [1.165, 1.54) is 13.0 Å². The number of alkyl halides is 3. The normalized spacial score (nSPS) is 11.4. The molecule has 2 N–H and O–H groups in total. The smallest absolute Gasteiger partial charge is 0.384 e. The Labute approximate surface area is 96.2 Å². The van der Waals surface area contributed by atoms with Crippen LogP contribution >= 0.6 is 0 Å². The van der Waals surface area contributed by atoms with Gasteiger partial charge in [-0.3, -0.25) is 0 Å². The Balaban J connectivity index is 2.74. The second kappa shape index (κ2) is 5.16. The van der Waals surface area contributed by atoms with Crippen molar-refractivity contribution in [1.29, 1.82) is 5.41 Å². The fraction of sp³-hybridized carbons (Fsp3) is 0.364. The first-order chi connectivity index (χ1) is 7.79. The lowest BCUT2D eigenvalue weighted by atomic mass is 10.1. The summed E-state index contributed by atoms with van der Waals surface area (Å²) in [6.07, 6.45) is -5.20. The molecule has 2 nitrogen and oxygen atoms in total. The van der Waals surface area contributed by atoms with Gasteiger partial charge in [0.05, 0.1) is 6.42 Å². The molecule has 0 aromatic heterocycles. The van der Waals surface area contributed by atoms with Crippen LogP contribution in [0.25, 0.3) is 0 Å². The van der Waals surface area contributed by atoms with E-state index in [2.05, 4.69) is 5.32 Å². The van der Waals surface area contributed by atoms with Crippen molar-refractivity contribution in [2.75, 3.05) is 11.9 Å². The topological polar surface area (TPSA) is 35.9 Å². The summed E-state index contributed by atoms with van der Waals surface area (Å²) in [4.78, 5) is 0. The van der Waals surface area contributed by atoms with Crippen LogP contribution < -0.4 is 5.32 Å². The zero-order valence-electron chi connectivity index (χ0n) is 9.16. The molecule has 17 heavy (non-hydrogen) atoms. The number of hydrogen-bond acceptors (Lipinski definition) is 2. The number of nitrogens with one attached hydrogen (secondary N) is 2. The largest absolute Gasteiger partial charge is 0.390 e. The van der Waals surface area contributed by atoms with Crippen LogP contribution in [-0.4, -0.2) is 18.4 Å². The quantitative estimate of drug-likeness (QED) is 0.620. The summed E-state index contributed by atoms with van der Waals surface area (Å²) in [5, 5.41) is 9.95. The number of anilines is 1. The molecule has 0 unspecified atom stereocenters. The third kappa shape index (κ3) is 4.42. The minimum Gasteiger partial charge on any atom is -0.384 e. The lowest BCUT2D eigenvalue weighted by Gasteiger charge is -2.12. The SMILES string of the molecule is CC(=N)c1cc(F)ccc1NCCC(F)(F)F. The van der Waals surface area contributed by atoms with Gasteiger partial charge in [-0.05, 0) is 25.1 Å². The average molecular weight is 248 g/mol. The van der Waals surface area contributed by atoms with Gasteiger partial charge in [0.25, 0.3) is 0 Å². The highest BCUT2D eigenvalue weighted by Crippen LogP contribution is 2.21. The molecule has 1 aromatic carbocycles. The fourth-order valence-electron chi connectivity index (χ4n) is 1.32. The molecule has 1 rings (SSSR count). The maximum atomic E-state index is 12.9. The van der Waals surface area contributed by atoms with Crippen molar-refractivity contribution < 1.29 is 17.6 Å². The van der Waals surface area contributed by atoms with E-state index in [-0.39, 0.29) is 17.8 Å². The first-order valence-corrected chi connectivity index (χ1v) is 4.95. The first kappa shape index (κ1) is 13.5. The van der Waals surface area contributed by atoms with Gasteiger partial charge in [-0.2, -0.15) is 13.2 Å². The van der Waals surface area contributed by atoms with Gasteiger partial charge in [-0.15, -0.1) is 0 Å². The number of rotatable bonds is 4. The molecule has 6 heteroatoms. The molecule has 0 fully saturated rings. The summed E-state index contributed by atoms with van der Waals surface area (Å²) in [5.41, 5.74) is 0.703. The first-order valence-electron chi connectivity index (χ1n) is 4.95. The predicted molar refractivity (Wildman–Crippen MR) is 58.1 cm³/mol. The Hall–Kier alpha value is -1.59. The summed E-state index contributed by atoms with van der Waals surface area (Å²) in [5.74, 6) is -0.520. The van der Waals surface area contributed by atoms with Crippen LogP contribution in [0.1, 0.15) is 18.9 Å². The third-order valence-electron chi connectivity index (χ3n) is 2.11. The van der Waals surface area contributed by atoms with Gasteiger partial charge in [0.2, 0.25) is 0 Å². The Kier molecular flexibility index (Phi) is 4.09. The van der Waals surface area contributed by atoms with Crippen LogP contribution in [0, 0.1) is 11.2 Å². The van der Waals surface area contributed by atoms with E-state index in [0.29, 0.717) is 5.69 Å². The zero-order valence-corrected chi connectivity index (χ0v) is 9.16. The van der Waals surface area contributed by atoms with E-state index in [9.17, 15) is 17.6 Å². The minimum atomic E-state index is -4.23. The molecule has 0 aliphatic heterocycles. The molecule has 0 bridgehead atoms. The van der Waals surface area contributed by atoms with Crippen molar-refractivity contribution in [3.8, 4) is 0 Å². The van der Waals surface area contributed by atoms with E-state index in [4.69, 9.17) is 5.41 Å². The van der Waals surface area contributed by atoms with Gasteiger partial charge >= 0.3 is 6.18 Å². The van der Waals surface area contributed by atoms with Crippen LogP contribution in [0.2, 0.25) is 0 Å². The number of benzene rings is 1. The standard InChI is InChI=1S/C11H12F4N2/c1-7(16)9-6-8(12)2-3-10(9)17-5-4-11(13,14)15/h2-3,6,16-17H,4-5H2,1H3. The van der Waals surface area contributed by atoms with Crippen molar-refractivity contribution in [2.45, 2.75) is 19.5 Å². The van der Waals surface area contributed by atoms with Crippen molar-refractivity contribution >= 4 is 11.4 Å². The number of hydrogen-bond donors (Lipinski definition) is 2. The van der Waals surface area contributed by atoms with Crippen LogP contribution in [0.3, 0.4) is 0 Å². The van der Waals surface area contributed by atoms with Crippen LogP contribution in [0.15, 0.2) is 18.2 Å². The molecule has 0 spiro atoms. The van der Waals surface area contributed by atoms with Gasteiger partial charge in [0.1, 0.15) is 5.82 Å². The zero-order chi connectivity index (χ0) is 13.1. The molecule has 0 atom stereocenters. The lowest BCUT2D eigenvalue weighted by molar-refractivity contribution is -0.131. The molecule has 1 aromatic rings. The second-order valence-electron chi connectivity index (χ2n) is 3.61. The Morgan fingerprint density at radius 1 is 1.35 bits per heavy atom. The van der Waals surface area contributed by atoms with Gasteiger partial charge in [0.15, 0.2) is 0 Å². The Bertz CT molecular complexity index is 412. The molecule has 0 amide bonds. The van der Waals surface area contributed by atoms with Crippen LogP contribution in [-0.2, 0) is 0 Å². The van der Waals surface area contributed by atoms with E-state index in [0.717, 1.165) is 12.1 Å². The van der Waals surface area contributed by atoms with Gasteiger partial charge in [-0.1, -0.05) is 0 Å². The van der Waals surface area contributed by atoms with Crippen LogP contribution in [0.5, 0.6) is 0 Å². The van der Waals surface area contributed by atoms with Crippen molar-refractivity contribution in [3.63, 3.8) is 0 Å². The molecule has 0 radical (unpaired) electrons. The van der Waals surface area contributed by atoms with Gasteiger partial charge in [-0.25, -0.2) is 4.39 Å². The molecule has 0 heterocycles. The molecule has 0 aliphatic rings. The van der Waals surface area contributed by atoms with Gasteiger partial charge in [0, 0.05) is 23.5 Å². The van der Waals surface area contributed by atoms with E-state index in [1.807, 2.05) is 0 Å². The lowest BCUT2D eigenvalue weighted by Crippen LogP contribution is -2.15. The summed E-state index contributed by atoms with van der Waals surface area (Å²) in [6.45, 7) is 1.15. The molecular formula is C11H12F4N2. The van der Waals surface area contributed by atoms with E-state index in [1.54, 1.807) is 0 Å². The molecule has 0 saturated carbocycles. The molecule has 0 saturated heterocycles. The van der Waals surface area contributed by atoms with Crippen molar-refractivity contribution in [2.24, 2.45) is 0 Å². The Morgan fingerprint density at radius 2 is 2.00 bits per heavy atom. The maximum absolute atomic E-state index is 12.9. The highest BCUT2D eigenvalue weighted by molar-refractivity contribution is 6.01. The summed E-state index contributed by atoms with van der Waals surface area (Å²) >= 11 is 0. The second-order valence-corrected chi connectivity index (χ2v) is 3.61. The average Bonchev–Trinajstić information content (AvgIpc) is 2.18. The molecule has 0 aliphatic carbocycles. The summed E-state index contributed by atoms with van der Waals surface area (Å²) < 4.78 is 48.7. The van der Waals surface area contributed by atoms with E-state index >= 15 is 0 Å². The Morgan fingerprint density at radius 3 is 2.53 bits per heavy atom. The third-order valence-corrected chi connectivity index (χ3v) is 2.11. The summed E-state index contributed by atoms with van der Waals surface area (Å²) in [7, 11) is 0. The number of halogens is 4. The van der Waals surface area contributed by atoms with Gasteiger partial charge < -0.3 is 10.7 Å².